The van der Waals surface area contributed by atoms with Gasteiger partial charge in [0.25, 0.3) is 0 Å². The van der Waals surface area contributed by atoms with E-state index < -0.39 is 0 Å². The summed E-state index contributed by atoms with van der Waals surface area (Å²) in [6, 6.07) is 0. The molecule has 0 spiro atoms. The van der Waals surface area contributed by atoms with Crippen molar-refractivity contribution >= 4 is 12.4 Å². The summed E-state index contributed by atoms with van der Waals surface area (Å²) in [6.07, 6.45) is 3.48. The second kappa shape index (κ2) is 8.71. The van der Waals surface area contributed by atoms with Gasteiger partial charge in [-0.3, -0.25) is 9.58 Å². The number of aryl methyl sites for hydroxylation is 2. The van der Waals surface area contributed by atoms with E-state index in [9.17, 15) is 0 Å². The Kier molecular flexibility index (Phi) is 6.55. The first-order valence-electron chi connectivity index (χ1n) is 10.0. The predicted molar refractivity (Wildman–Crippen MR) is 108 cm³/mol. The maximum atomic E-state index is 4.73. The molecule has 2 aliphatic rings. The van der Waals surface area contributed by atoms with Gasteiger partial charge in [-0.15, -0.1) is 22.6 Å². The van der Waals surface area contributed by atoms with Crippen molar-refractivity contribution in [2.75, 3.05) is 19.6 Å². The molecule has 0 aromatic carbocycles. The highest BCUT2D eigenvalue weighted by atomic mass is 35.5. The van der Waals surface area contributed by atoms with Crippen LogP contribution in [0.25, 0.3) is 0 Å². The Morgan fingerprint density at radius 1 is 1.11 bits per heavy atom. The van der Waals surface area contributed by atoms with E-state index in [0.29, 0.717) is 5.92 Å². The number of hydrogen-bond acceptors (Lipinski definition) is 5. The number of halogens is 1. The van der Waals surface area contributed by atoms with Crippen molar-refractivity contribution in [1.82, 2.24) is 34.8 Å². The summed E-state index contributed by atoms with van der Waals surface area (Å²) in [5.74, 6) is 2.86. The first-order chi connectivity index (χ1) is 12.7. The molecule has 0 unspecified atom stereocenters. The summed E-state index contributed by atoms with van der Waals surface area (Å²) in [4.78, 5) is 2.58. The molecule has 27 heavy (non-hydrogen) atoms. The van der Waals surface area contributed by atoms with Crippen LogP contribution in [0.4, 0.5) is 0 Å². The normalized spacial score (nSPS) is 18.3. The Labute approximate surface area is 167 Å². The Balaban J connectivity index is 0.00000210. The number of fused-ring (bicyclic) bond motifs is 1. The van der Waals surface area contributed by atoms with Gasteiger partial charge >= 0.3 is 0 Å². The lowest BCUT2D eigenvalue weighted by molar-refractivity contribution is 0.199. The molecule has 7 nitrogen and oxygen atoms in total. The predicted octanol–water partition coefficient (Wildman–Crippen LogP) is 2.41. The van der Waals surface area contributed by atoms with E-state index in [1.54, 1.807) is 0 Å². The third-order valence-electron chi connectivity index (χ3n) is 5.95. The van der Waals surface area contributed by atoms with Crippen LogP contribution >= 0.6 is 12.4 Å². The van der Waals surface area contributed by atoms with Crippen LogP contribution in [0.2, 0.25) is 0 Å². The van der Waals surface area contributed by atoms with Crippen LogP contribution in [-0.4, -0.2) is 49.1 Å². The fraction of sp³-hybridized carbons (Fsp3) is 0.737. The average molecular weight is 394 g/mol. The van der Waals surface area contributed by atoms with Gasteiger partial charge < -0.3 is 9.88 Å². The lowest BCUT2D eigenvalue weighted by Crippen LogP contribution is -2.35. The Hall–Kier alpha value is -1.44. The van der Waals surface area contributed by atoms with Gasteiger partial charge in [0.15, 0.2) is 0 Å². The molecule has 2 aliphatic heterocycles. The number of nitrogens with one attached hydrogen (secondary N) is 1. The average Bonchev–Trinajstić information content (AvgIpc) is 3.20. The summed E-state index contributed by atoms with van der Waals surface area (Å²) >= 11 is 0. The third kappa shape index (κ3) is 4.05. The summed E-state index contributed by atoms with van der Waals surface area (Å²) in [5, 5.41) is 17.0. The van der Waals surface area contributed by atoms with E-state index in [1.165, 1.54) is 35.6 Å². The van der Waals surface area contributed by atoms with E-state index in [4.69, 9.17) is 5.10 Å². The molecule has 0 radical (unpaired) electrons. The van der Waals surface area contributed by atoms with Crippen molar-refractivity contribution in [3.63, 3.8) is 0 Å². The van der Waals surface area contributed by atoms with Crippen LogP contribution in [0.3, 0.4) is 0 Å². The molecule has 0 aliphatic carbocycles. The first kappa shape index (κ1) is 20.3. The third-order valence-corrected chi connectivity index (χ3v) is 5.95. The molecule has 0 amide bonds. The lowest BCUT2D eigenvalue weighted by atomic mass is 9.95. The SMILES string of the molecule is CCCn1nc(C)c(CN2CCC(c3nnc4n3CCNC4)CC2)c1C.Cl. The van der Waals surface area contributed by atoms with Gasteiger partial charge in [-0.05, 0) is 46.2 Å². The molecule has 2 aromatic heterocycles. The van der Waals surface area contributed by atoms with Crippen molar-refractivity contribution in [2.24, 2.45) is 0 Å². The summed E-state index contributed by atoms with van der Waals surface area (Å²) in [6.45, 7) is 13.8. The van der Waals surface area contributed by atoms with Crippen LogP contribution in [0.15, 0.2) is 0 Å². The highest BCUT2D eigenvalue weighted by Gasteiger charge is 2.27. The minimum Gasteiger partial charge on any atom is -0.312 e. The molecule has 0 bridgehead atoms. The Morgan fingerprint density at radius 2 is 1.89 bits per heavy atom. The monoisotopic (exact) mass is 393 g/mol. The molecule has 0 atom stereocenters. The van der Waals surface area contributed by atoms with Crippen LogP contribution in [-0.2, 0) is 26.2 Å². The molecule has 0 saturated carbocycles. The topological polar surface area (TPSA) is 63.8 Å². The number of aromatic nitrogens is 5. The minimum atomic E-state index is 0. The van der Waals surface area contributed by atoms with Crippen LogP contribution in [0.5, 0.6) is 0 Å². The second-order valence-electron chi connectivity index (χ2n) is 7.73. The number of hydrogen-bond donors (Lipinski definition) is 1. The number of piperidine rings is 1. The van der Waals surface area contributed by atoms with Crippen LogP contribution < -0.4 is 5.32 Å². The van der Waals surface area contributed by atoms with E-state index in [2.05, 4.69) is 50.4 Å². The van der Waals surface area contributed by atoms with E-state index in [-0.39, 0.29) is 12.4 Å². The second-order valence-corrected chi connectivity index (χ2v) is 7.73. The zero-order valence-electron chi connectivity index (χ0n) is 16.7. The number of rotatable bonds is 5. The summed E-state index contributed by atoms with van der Waals surface area (Å²) in [7, 11) is 0. The maximum absolute atomic E-state index is 4.73. The molecule has 2 aromatic rings. The minimum absolute atomic E-state index is 0. The van der Waals surface area contributed by atoms with Crippen molar-refractivity contribution < 1.29 is 0 Å². The van der Waals surface area contributed by atoms with Crippen molar-refractivity contribution in [2.45, 2.75) is 72.1 Å². The largest absolute Gasteiger partial charge is 0.312 e. The van der Waals surface area contributed by atoms with E-state index in [1.807, 2.05) is 0 Å². The van der Waals surface area contributed by atoms with Gasteiger partial charge in [0, 0.05) is 43.4 Å². The fourth-order valence-corrected chi connectivity index (χ4v) is 4.38. The standard InChI is InChI=1S/C19H31N7.ClH/c1-4-8-26-15(3)17(14(2)23-26)13-24-9-5-16(6-10-24)19-22-21-18-12-20-7-11-25(18)19;/h16,20H,4-13H2,1-3H3;1H. The molecule has 150 valence electrons. The molecule has 1 N–H and O–H groups in total. The lowest BCUT2D eigenvalue weighted by Gasteiger charge is -2.32. The van der Waals surface area contributed by atoms with Crippen molar-refractivity contribution in [1.29, 1.82) is 0 Å². The highest BCUT2D eigenvalue weighted by molar-refractivity contribution is 5.85. The van der Waals surface area contributed by atoms with Gasteiger partial charge in [-0.1, -0.05) is 6.92 Å². The molecular formula is C19H32ClN7. The zero-order valence-corrected chi connectivity index (χ0v) is 17.6. The quantitative estimate of drug-likeness (QED) is 0.845. The van der Waals surface area contributed by atoms with Crippen molar-refractivity contribution in [3.8, 4) is 0 Å². The number of nitrogens with zero attached hydrogens (tertiary/aromatic N) is 6. The Bertz CT molecular complexity index is 758. The highest BCUT2D eigenvalue weighted by Crippen LogP contribution is 2.29. The molecule has 1 saturated heterocycles. The first-order valence-corrected chi connectivity index (χ1v) is 10.0. The number of likely N-dealkylation sites (tertiary alicyclic amines) is 1. The molecule has 1 fully saturated rings. The van der Waals surface area contributed by atoms with E-state index >= 15 is 0 Å². The fourth-order valence-electron chi connectivity index (χ4n) is 4.38. The summed E-state index contributed by atoms with van der Waals surface area (Å²) in [5.41, 5.74) is 3.95. The summed E-state index contributed by atoms with van der Waals surface area (Å²) < 4.78 is 4.52. The van der Waals surface area contributed by atoms with Gasteiger partial charge in [-0.2, -0.15) is 5.10 Å². The molecule has 4 heterocycles. The molecule has 4 rings (SSSR count). The maximum Gasteiger partial charge on any atom is 0.147 e. The van der Waals surface area contributed by atoms with Crippen LogP contribution in [0.1, 0.15) is 60.7 Å². The van der Waals surface area contributed by atoms with Gasteiger partial charge in [0.05, 0.1) is 12.2 Å². The van der Waals surface area contributed by atoms with Gasteiger partial charge in [-0.25, -0.2) is 0 Å². The van der Waals surface area contributed by atoms with E-state index in [0.717, 1.165) is 58.1 Å². The molecule has 8 heteroatoms. The van der Waals surface area contributed by atoms with Gasteiger partial charge in [0.1, 0.15) is 11.6 Å². The molecular weight excluding hydrogens is 362 g/mol. The zero-order chi connectivity index (χ0) is 18.1. The smallest absolute Gasteiger partial charge is 0.147 e. The van der Waals surface area contributed by atoms with Crippen LogP contribution in [0, 0.1) is 13.8 Å². The van der Waals surface area contributed by atoms with Gasteiger partial charge in [0.2, 0.25) is 0 Å². The van der Waals surface area contributed by atoms with Crippen molar-refractivity contribution in [3.05, 3.63) is 28.6 Å². The Morgan fingerprint density at radius 3 is 2.63 bits per heavy atom.